The van der Waals surface area contributed by atoms with Gasteiger partial charge in [-0.15, -0.1) is 0 Å². The van der Waals surface area contributed by atoms with Gasteiger partial charge in [-0.2, -0.15) is 0 Å². The van der Waals surface area contributed by atoms with Crippen LogP contribution in [0, 0.1) is 0 Å². The maximum atomic E-state index is 11.3. The zero-order chi connectivity index (χ0) is 15.3. The van der Waals surface area contributed by atoms with Crippen LogP contribution in [0.4, 0.5) is 0 Å². The molecule has 1 aromatic rings. The summed E-state index contributed by atoms with van der Waals surface area (Å²) in [5.74, 6) is 1.09. The van der Waals surface area contributed by atoms with Crippen molar-refractivity contribution in [3.63, 3.8) is 0 Å². The standard InChI is InChI=1S/C17H26N2O2/c1-17(2,3)14-5-7-15(8-6-14)21-12-4-10-19-11-9-18-16(20)13-19/h5-8H,4,9-13H2,1-3H3,(H,18,20)/p+1. The van der Waals surface area contributed by atoms with E-state index in [4.69, 9.17) is 4.74 Å². The number of carbonyl (C=O) groups is 1. The van der Waals surface area contributed by atoms with Gasteiger partial charge in [0.15, 0.2) is 6.54 Å². The number of ether oxygens (including phenoxy) is 1. The number of hydrogen-bond donors (Lipinski definition) is 2. The SMILES string of the molecule is CC(C)(C)c1ccc(OCCC[NH+]2CCNC(=O)C2)cc1. The summed E-state index contributed by atoms with van der Waals surface area (Å²) in [7, 11) is 0. The maximum absolute atomic E-state index is 11.3. The summed E-state index contributed by atoms with van der Waals surface area (Å²) in [6.07, 6.45) is 0.976. The van der Waals surface area contributed by atoms with Crippen LogP contribution in [0.25, 0.3) is 0 Å². The molecule has 4 heteroatoms. The van der Waals surface area contributed by atoms with E-state index < -0.39 is 0 Å². The largest absolute Gasteiger partial charge is 0.493 e. The first-order valence-electron chi connectivity index (χ1n) is 7.79. The molecule has 1 saturated heterocycles. The Hall–Kier alpha value is -1.55. The van der Waals surface area contributed by atoms with Crippen LogP contribution in [0.3, 0.4) is 0 Å². The molecular formula is C17H27N2O2+. The first-order chi connectivity index (χ1) is 9.95. The summed E-state index contributed by atoms with van der Waals surface area (Å²) in [5.41, 5.74) is 1.50. The zero-order valence-corrected chi connectivity index (χ0v) is 13.4. The van der Waals surface area contributed by atoms with E-state index in [1.807, 2.05) is 12.1 Å². The quantitative estimate of drug-likeness (QED) is 0.787. The third kappa shape index (κ3) is 5.05. The molecule has 0 bridgehead atoms. The molecule has 4 nitrogen and oxygen atoms in total. The third-order valence-electron chi connectivity index (χ3n) is 3.88. The molecule has 0 saturated carbocycles. The maximum Gasteiger partial charge on any atom is 0.275 e. The van der Waals surface area contributed by atoms with E-state index in [0.717, 1.165) is 31.8 Å². The molecule has 2 N–H and O–H groups in total. The molecule has 1 aliphatic heterocycles. The van der Waals surface area contributed by atoms with Crippen molar-refractivity contribution in [2.45, 2.75) is 32.6 Å². The Kier molecular flexibility index (Phi) is 5.23. The van der Waals surface area contributed by atoms with Crippen LogP contribution in [0.2, 0.25) is 0 Å². The average molecular weight is 291 g/mol. The highest BCUT2D eigenvalue weighted by molar-refractivity contribution is 5.77. The molecule has 1 unspecified atom stereocenters. The van der Waals surface area contributed by atoms with Crippen molar-refractivity contribution in [1.82, 2.24) is 5.32 Å². The van der Waals surface area contributed by atoms with E-state index in [-0.39, 0.29) is 11.3 Å². The second kappa shape index (κ2) is 6.94. The van der Waals surface area contributed by atoms with E-state index in [1.165, 1.54) is 10.5 Å². The molecule has 1 fully saturated rings. The van der Waals surface area contributed by atoms with Gasteiger partial charge in [0.05, 0.1) is 26.2 Å². The molecule has 0 aliphatic carbocycles. The average Bonchev–Trinajstić information content (AvgIpc) is 2.43. The Morgan fingerprint density at radius 3 is 2.57 bits per heavy atom. The van der Waals surface area contributed by atoms with Crippen molar-refractivity contribution < 1.29 is 14.4 Å². The molecule has 0 spiro atoms. The summed E-state index contributed by atoms with van der Waals surface area (Å²) < 4.78 is 5.78. The summed E-state index contributed by atoms with van der Waals surface area (Å²) in [4.78, 5) is 12.6. The van der Waals surface area contributed by atoms with E-state index in [1.54, 1.807) is 0 Å². The molecule has 116 valence electrons. The van der Waals surface area contributed by atoms with Gasteiger partial charge in [-0.3, -0.25) is 4.79 Å². The van der Waals surface area contributed by atoms with Crippen molar-refractivity contribution >= 4 is 5.91 Å². The third-order valence-corrected chi connectivity index (χ3v) is 3.88. The van der Waals surface area contributed by atoms with Crippen molar-refractivity contribution in [3.8, 4) is 5.75 Å². The van der Waals surface area contributed by atoms with Crippen molar-refractivity contribution in [3.05, 3.63) is 29.8 Å². The zero-order valence-electron chi connectivity index (χ0n) is 13.4. The predicted octanol–water partition coefficient (Wildman–Crippen LogP) is 0.768. The van der Waals surface area contributed by atoms with Crippen LogP contribution in [0.5, 0.6) is 5.75 Å². The summed E-state index contributed by atoms with van der Waals surface area (Å²) in [6, 6.07) is 8.36. The van der Waals surface area contributed by atoms with Crippen LogP contribution < -0.4 is 15.0 Å². The molecular weight excluding hydrogens is 264 g/mol. The number of benzene rings is 1. The van der Waals surface area contributed by atoms with Gasteiger partial charge in [0.25, 0.3) is 5.91 Å². The van der Waals surface area contributed by atoms with Gasteiger partial charge in [-0.1, -0.05) is 32.9 Å². The molecule has 0 radical (unpaired) electrons. The predicted molar refractivity (Wildman–Crippen MR) is 83.8 cm³/mol. The monoisotopic (exact) mass is 291 g/mol. The Morgan fingerprint density at radius 2 is 1.95 bits per heavy atom. The van der Waals surface area contributed by atoms with Crippen LogP contribution in [0.15, 0.2) is 24.3 Å². The summed E-state index contributed by atoms with van der Waals surface area (Å²) in [5, 5.41) is 2.85. The molecule has 21 heavy (non-hydrogen) atoms. The minimum Gasteiger partial charge on any atom is -0.493 e. The van der Waals surface area contributed by atoms with Gasteiger partial charge < -0.3 is 15.0 Å². The lowest BCUT2D eigenvalue weighted by atomic mass is 9.87. The Balaban J connectivity index is 1.70. The number of nitrogens with one attached hydrogen (secondary N) is 2. The fraction of sp³-hybridized carbons (Fsp3) is 0.588. The van der Waals surface area contributed by atoms with E-state index in [0.29, 0.717) is 13.2 Å². The van der Waals surface area contributed by atoms with Crippen LogP contribution in [0.1, 0.15) is 32.8 Å². The fourth-order valence-electron chi connectivity index (χ4n) is 2.53. The van der Waals surface area contributed by atoms with Gasteiger partial charge >= 0.3 is 0 Å². The minimum atomic E-state index is 0.162. The first kappa shape index (κ1) is 15.8. The number of carbonyl (C=O) groups excluding carboxylic acids is 1. The number of rotatable bonds is 5. The van der Waals surface area contributed by atoms with Gasteiger partial charge in [0.2, 0.25) is 0 Å². The molecule has 1 heterocycles. The first-order valence-corrected chi connectivity index (χ1v) is 7.79. The molecule has 2 rings (SSSR count). The second-order valence-corrected chi connectivity index (χ2v) is 6.75. The molecule has 1 aromatic carbocycles. The molecule has 1 amide bonds. The topological polar surface area (TPSA) is 42.8 Å². The summed E-state index contributed by atoms with van der Waals surface area (Å²) in [6.45, 7) is 10.7. The lowest BCUT2D eigenvalue weighted by molar-refractivity contribution is -0.893. The molecule has 1 atom stereocenters. The summed E-state index contributed by atoms with van der Waals surface area (Å²) >= 11 is 0. The number of piperazine rings is 1. The smallest absolute Gasteiger partial charge is 0.275 e. The normalized spacial score (nSPS) is 19.2. The van der Waals surface area contributed by atoms with Gasteiger partial charge in [0.1, 0.15) is 5.75 Å². The molecule has 0 aromatic heterocycles. The Labute approximate surface area is 127 Å². The van der Waals surface area contributed by atoms with Crippen molar-refractivity contribution in [2.24, 2.45) is 0 Å². The minimum absolute atomic E-state index is 0.162. The van der Waals surface area contributed by atoms with Crippen molar-refractivity contribution in [2.75, 3.05) is 32.8 Å². The lowest BCUT2D eigenvalue weighted by Crippen LogP contribution is -3.15. The van der Waals surface area contributed by atoms with Gasteiger partial charge in [0, 0.05) is 6.42 Å². The lowest BCUT2D eigenvalue weighted by Gasteiger charge is -2.23. The second-order valence-electron chi connectivity index (χ2n) is 6.75. The van der Waals surface area contributed by atoms with E-state index in [2.05, 4.69) is 38.2 Å². The Bertz CT molecular complexity index is 463. The van der Waals surface area contributed by atoms with E-state index in [9.17, 15) is 4.79 Å². The number of quaternary nitrogens is 1. The van der Waals surface area contributed by atoms with Gasteiger partial charge in [-0.25, -0.2) is 0 Å². The van der Waals surface area contributed by atoms with Crippen LogP contribution in [-0.2, 0) is 10.2 Å². The molecule has 1 aliphatic rings. The number of amides is 1. The van der Waals surface area contributed by atoms with Crippen LogP contribution in [-0.4, -0.2) is 38.7 Å². The highest BCUT2D eigenvalue weighted by Crippen LogP contribution is 2.24. The van der Waals surface area contributed by atoms with Crippen LogP contribution >= 0.6 is 0 Å². The van der Waals surface area contributed by atoms with E-state index >= 15 is 0 Å². The van der Waals surface area contributed by atoms with Gasteiger partial charge in [-0.05, 0) is 23.1 Å². The highest BCUT2D eigenvalue weighted by atomic mass is 16.5. The number of hydrogen-bond acceptors (Lipinski definition) is 2. The van der Waals surface area contributed by atoms with Crippen molar-refractivity contribution in [1.29, 1.82) is 0 Å². The highest BCUT2D eigenvalue weighted by Gasteiger charge is 2.18. The Morgan fingerprint density at radius 1 is 1.24 bits per heavy atom. The fourth-order valence-corrected chi connectivity index (χ4v) is 2.53.